The lowest BCUT2D eigenvalue weighted by molar-refractivity contribution is 0.669. The lowest BCUT2D eigenvalue weighted by Crippen LogP contribution is -2.55. The summed E-state index contributed by atoms with van der Waals surface area (Å²) in [7, 11) is 11.1. The van der Waals surface area contributed by atoms with Crippen LogP contribution in [0, 0.1) is 0 Å². The second-order valence-electron chi connectivity index (χ2n) is 14.6. The number of aromatic nitrogens is 4. The fraction of sp³-hybridized carbons (Fsp3) is 0. The van der Waals surface area contributed by atoms with Gasteiger partial charge in [-0.05, 0) is 53.6 Å². The van der Waals surface area contributed by atoms with Crippen LogP contribution in [0.25, 0.3) is 94.7 Å². The second kappa shape index (κ2) is 12.8. The molecule has 0 amide bonds. The van der Waals surface area contributed by atoms with E-state index < -0.39 is 0 Å². The molecule has 5 nitrogen and oxygen atoms in total. The van der Waals surface area contributed by atoms with Gasteiger partial charge in [0.05, 0.1) is 11.0 Å². The zero-order chi connectivity index (χ0) is 37.4. The van der Waals surface area contributed by atoms with Crippen molar-refractivity contribution in [2.45, 2.75) is 0 Å². The highest BCUT2D eigenvalue weighted by Gasteiger charge is 2.20. The van der Waals surface area contributed by atoms with E-state index in [9.17, 15) is 0 Å². The smallest absolute Gasteiger partial charge is 0.164 e. The number of fused-ring (bicyclic) bond motifs is 6. The lowest BCUT2D eigenvalue weighted by Gasteiger charge is -2.20. The molecule has 10 aromatic rings. The van der Waals surface area contributed by atoms with Crippen molar-refractivity contribution in [3.05, 3.63) is 140 Å². The molecule has 10 heteroatoms. The van der Waals surface area contributed by atoms with Crippen molar-refractivity contribution in [3.8, 4) is 51.0 Å². The predicted octanol–water partition coefficient (Wildman–Crippen LogP) is 2.83. The molecule has 55 heavy (non-hydrogen) atoms. The minimum Gasteiger partial charge on any atom is -0.456 e. The Morgan fingerprint density at radius 3 is 1.69 bits per heavy atom. The molecule has 0 saturated carbocycles. The van der Waals surface area contributed by atoms with Gasteiger partial charge in [-0.1, -0.05) is 108 Å². The van der Waals surface area contributed by atoms with Crippen molar-refractivity contribution < 1.29 is 4.42 Å². The number of hydrogen-bond donors (Lipinski definition) is 0. The van der Waals surface area contributed by atoms with E-state index in [1.54, 1.807) is 0 Å². The second-order valence-corrected chi connectivity index (χ2v) is 14.6. The van der Waals surface area contributed by atoms with E-state index in [1.807, 2.05) is 30.3 Å². The van der Waals surface area contributed by atoms with Gasteiger partial charge in [0.15, 0.2) is 17.5 Å². The zero-order valence-corrected chi connectivity index (χ0v) is 31.5. The maximum absolute atomic E-state index is 6.53. The number of benzene rings is 7. The van der Waals surface area contributed by atoms with E-state index in [2.05, 4.69) is 153 Å². The van der Waals surface area contributed by atoms with Crippen LogP contribution >= 0.6 is 0 Å². The van der Waals surface area contributed by atoms with Crippen LogP contribution in [0.1, 0.15) is 0 Å². The summed E-state index contributed by atoms with van der Waals surface area (Å²) >= 11 is 0. The van der Waals surface area contributed by atoms with Crippen LogP contribution in [-0.4, -0.2) is 58.8 Å². The monoisotopic (exact) mass is 700 g/mol. The van der Waals surface area contributed by atoms with Crippen molar-refractivity contribution in [3.63, 3.8) is 0 Å². The summed E-state index contributed by atoms with van der Waals surface area (Å²) in [5, 5.41) is 4.43. The Morgan fingerprint density at radius 2 is 0.982 bits per heavy atom. The number of nitrogens with zero attached hydrogens (tertiary/aromatic N) is 4. The topological polar surface area (TPSA) is 56.7 Å². The highest BCUT2D eigenvalue weighted by molar-refractivity contribution is 6.68. The first-order valence-corrected chi connectivity index (χ1v) is 18.8. The lowest BCUT2D eigenvalue weighted by atomic mass is 9.59. The Kier molecular flexibility index (Phi) is 7.70. The molecule has 0 fully saturated rings. The minimum atomic E-state index is 0.596. The van der Waals surface area contributed by atoms with Crippen LogP contribution in [0.15, 0.2) is 144 Å². The van der Waals surface area contributed by atoms with Crippen LogP contribution < -0.4 is 27.3 Å². The quantitative estimate of drug-likeness (QED) is 0.260. The van der Waals surface area contributed by atoms with Gasteiger partial charge in [-0.15, -0.1) is 16.4 Å². The first kappa shape index (κ1) is 33.1. The molecule has 3 heterocycles. The summed E-state index contributed by atoms with van der Waals surface area (Å²) in [4.78, 5) is 15.5. The average molecular weight is 700 g/mol. The molecule has 7 aromatic carbocycles. The summed E-state index contributed by atoms with van der Waals surface area (Å²) < 4.78 is 8.87. The van der Waals surface area contributed by atoms with E-state index >= 15 is 0 Å². The molecular weight excluding hydrogens is 667 g/mol. The molecule has 0 unspecified atom stereocenters. The minimum absolute atomic E-state index is 0.596. The fourth-order valence-corrected chi connectivity index (χ4v) is 8.43. The van der Waals surface area contributed by atoms with Crippen LogP contribution in [0.5, 0.6) is 0 Å². The van der Waals surface area contributed by atoms with E-state index in [-0.39, 0.29) is 0 Å². The number of hydrogen-bond acceptors (Lipinski definition) is 4. The number of furan rings is 1. The maximum atomic E-state index is 6.53. The van der Waals surface area contributed by atoms with E-state index in [4.69, 9.17) is 19.4 Å². The largest absolute Gasteiger partial charge is 0.456 e. The molecule has 254 valence electrons. The van der Waals surface area contributed by atoms with Gasteiger partial charge in [0.1, 0.15) is 50.4 Å². The Hall–Kier alpha value is -6.53. The molecule has 0 atom stereocenters. The zero-order valence-electron chi connectivity index (χ0n) is 31.5. The molecule has 0 N–H and O–H groups in total. The average Bonchev–Trinajstić information content (AvgIpc) is 3.78. The molecule has 0 spiro atoms. The Balaban J connectivity index is 1.19. The van der Waals surface area contributed by atoms with E-state index in [1.165, 1.54) is 43.6 Å². The van der Waals surface area contributed by atoms with E-state index in [0.717, 1.165) is 60.9 Å². The Labute approximate surface area is 323 Å². The van der Waals surface area contributed by atoms with Gasteiger partial charge >= 0.3 is 0 Å². The normalized spacial score (nSPS) is 11.6. The summed E-state index contributed by atoms with van der Waals surface area (Å²) in [5.74, 6) is 1.84. The van der Waals surface area contributed by atoms with Gasteiger partial charge in [-0.3, -0.25) is 0 Å². The van der Waals surface area contributed by atoms with Gasteiger partial charge in [0.25, 0.3) is 0 Å². The van der Waals surface area contributed by atoms with Crippen LogP contribution in [-0.2, 0) is 0 Å². The van der Waals surface area contributed by atoms with Gasteiger partial charge in [0, 0.05) is 43.9 Å². The van der Waals surface area contributed by atoms with Crippen LogP contribution in [0.2, 0.25) is 0 Å². The Bertz CT molecular complexity index is 3090. The van der Waals surface area contributed by atoms with Crippen molar-refractivity contribution >= 4 is 110 Å². The van der Waals surface area contributed by atoms with Gasteiger partial charge < -0.3 is 8.98 Å². The van der Waals surface area contributed by atoms with Crippen molar-refractivity contribution in [2.24, 2.45) is 0 Å². The SMILES string of the molecule is Bc1c(B)c(B)c(-c2cccc(-c3nc(-c4ccccc4)nc(-c4cccc5oc6ccc(-n7c8ccccc8c8ccccc87)cc6c45)n3)c2)c(B)c1B. The third-order valence-electron chi connectivity index (χ3n) is 11.6. The summed E-state index contributed by atoms with van der Waals surface area (Å²) in [6.07, 6.45) is 0. The number of para-hydroxylation sites is 2. The van der Waals surface area contributed by atoms with Gasteiger partial charge in [-0.25, -0.2) is 15.0 Å². The first-order chi connectivity index (χ1) is 26.9. The van der Waals surface area contributed by atoms with Crippen molar-refractivity contribution in [1.29, 1.82) is 0 Å². The standard InChI is InChI=1S/C45H33B5N4O/c46-38-36(39(47)41(49)42(50)40(38)48)25-12-8-13-26(22-25)44-51-43(24-10-2-1-3-11-24)52-45(53-44)30-16-9-19-35-37(30)31-23-27(20-21-34(31)55-35)54-32-17-6-4-14-28(32)29-15-5-7-18-33(29)54/h1-23H,46-50H2. The van der Waals surface area contributed by atoms with E-state index in [0.29, 0.717) is 17.5 Å². The van der Waals surface area contributed by atoms with Crippen LogP contribution in [0.3, 0.4) is 0 Å². The molecule has 0 saturated heterocycles. The first-order valence-electron chi connectivity index (χ1n) is 18.8. The molecule has 0 aliphatic heterocycles. The Morgan fingerprint density at radius 1 is 0.418 bits per heavy atom. The highest BCUT2D eigenvalue weighted by Crippen LogP contribution is 2.39. The molecule has 0 aliphatic rings. The molecule has 0 bridgehead atoms. The molecule has 0 aliphatic carbocycles. The summed E-state index contributed by atoms with van der Waals surface area (Å²) in [6.45, 7) is 0. The van der Waals surface area contributed by atoms with Crippen molar-refractivity contribution in [2.75, 3.05) is 0 Å². The highest BCUT2D eigenvalue weighted by atomic mass is 16.3. The summed E-state index contributed by atoms with van der Waals surface area (Å²) in [5.41, 5.74) is 16.8. The predicted molar refractivity (Wildman–Crippen MR) is 244 cm³/mol. The molecular formula is C45H33B5N4O. The van der Waals surface area contributed by atoms with Crippen molar-refractivity contribution in [1.82, 2.24) is 19.5 Å². The fourth-order valence-electron chi connectivity index (χ4n) is 8.43. The molecule has 0 radical (unpaired) electrons. The number of rotatable bonds is 5. The third-order valence-corrected chi connectivity index (χ3v) is 11.6. The van der Waals surface area contributed by atoms with Crippen LogP contribution in [0.4, 0.5) is 0 Å². The van der Waals surface area contributed by atoms with Gasteiger partial charge in [-0.2, -0.15) is 0 Å². The molecule has 3 aromatic heterocycles. The summed E-state index contributed by atoms with van der Waals surface area (Å²) in [6, 6.07) is 48.6. The van der Waals surface area contributed by atoms with Gasteiger partial charge in [0.2, 0.25) is 0 Å². The molecule has 10 rings (SSSR count). The maximum Gasteiger partial charge on any atom is 0.164 e. The third kappa shape index (κ3) is 5.27.